The maximum Gasteiger partial charge on any atom is 0.232 e. The third-order valence-electron chi connectivity index (χ3n) is 5.21. The van der Waals surface area contributed by atoms with E-state index in [1.165, 1.54) is 20.3 Å². The average Bonchev–Trinajstić information content (AvgIpc) is 2.90. The molecule has 1 saturated carbocycles. The van der Waals surface area contributed by atoms with Gasteiger partial charge in [0.1, 0.15) is 22.1 Å². The number of hydrogen-bond acceptors (Lipinski definition) is 7. The average molecular weight is 369 g/mol. The van der Waals surface area contributed by atoms with E-state index in [1.807, 2.05) is 0 Å². The Morgan fingerprint density at radius 1 is 1.32 bits per heavy atom. The van der Waals surface area contributed by atoms with Crippen molar-refractivity contribution in [2.75, 3.05) is 20.8 Å². The Hall–Kier alpha value is -1.83. The van der Waals surface area contributed by atoms with Gasteiger partial charge in [-0.3, -0.25) is 9.59 Å². The molecular weight excluding hydrogens is 348 g/mol. The summed E-state index contributed by atoms with van der Waals surface area (Å²) in [5.41, 5.74) is 10.3. The first-order valence-corrected chi connectivity index (χ1v) is 8.39. The van der Waals surface area contributed by atoms with Crippen LogP contribution in [0.3, 0.4) is 0 Å². The van der Waals surface area contributed by atoms with Crippen molar-refractivity contribution in [1.82, 2.24) is 0 Å². The van der Waals surface area contributed by atoms with Crippen LogP contribution in [0.4, 0.5) is 0 Å². The fourth-order valence-electron chi connectivity index (χ4n) is 3.82. The number of ketones is 2. The van der Waals surface area contributed by atoms with E-state index < -0.39 is 35.0 Å². The van der Waals surface area contributed by atoms with E-state index in [-0.39, 0.29) is 28.6 Å². The Bertz CT molecular complexity index is 753. The van der Waals surface area contributed by atoms with Gasteiger partial charge in [-0.15, -0.1) is 0 Å². The van der Waals surface area contributed by atoms with Gasteiger partial charge in [-0.1, -0.05) is 18.5 Å². The van der Waals surface area contributed by atoms with Crippen LogP contribution in [-0.2, 0) is 4.79 Å². The summed E-state index contributed by atoms with van der Waals surface area (Å²) >= 11 is 6.33. The normalized spacial score (nSPS) is 31.0. The highest BCUT2D eigenvalue weighted by atomic mass is 35.5. The molecule has 1 heterocycles. The number of rotatable bonds is 3. The van der Waals surface area contributed by atoms with Gasteiger partial charge in [0.25, 0.3) is 0 Å². The summed E-state index contributed by atoms with van der Waals surface area (Å²) in [7, 11) is 2.86. The lowest BCUT2D eigenvalue weighted by Gasteiger charge is -2.42. The van der Waals surface area contributed by atoms with Crippen LogP contribution in [0.25, 0.3) is 0 Å². The molecule has 25 heavy (non-hydrogen) atoms. The first-order valence-electron chi connectivity index (χ1n) is 8.01. The number of hydrogen-bond donors (Lipinski definition) is 2. The number of benzene rings is 1. The van der Waals surface area contributed by atoms with Crippen molar-refractivity contribution in [3.05, 3.63) is 16.7 Å². The van der Waals surface area contributed by atoms with E-state index in [2.05, 4.69) is 0 Å². The second-order valence-electron chi connectivity index (χ2n) is 6.47. The van der Waals surface area contributed by atoms with Crippen LogP contribution < -0.4 is 25.7 Å². The molecule has 0 bridgehead atoms. The molecule has 0 aromatic heterocycles. The summed E-state index contributed by atoms with van der Waals surface area (Å²) in [5, 5.41) is 0.127. The summed E-state index contributed by atoms with van der Waals surface area (Å²) < 4.78 is 16.5. The molecule has 7 nitrogen and oxygen atoms in total. The Balaban J connectivity index is 2.19. The number of halogens is 1. The third kappa shape index (κ3) is 2.26. The zero-order valence-electron chi connectivity index (χ0n) is 14.3. The molecule has 4 N–H and O–H groups in total. The van der Waals surface area contributed by atoms with E-state index in [4.69, 9.17) is 37.3 Å². The van der Waals surface area contributed by atoms with Crippen molar-refractivity contribution in [3.63, 3.8) is 0 Å². The molecule has 2 aliphatic rings. The Morgan fingerprint density at radius 2 is 1.96 bits per heavy atom. The lowest BCUT2D eigenvalue weighted by atomic mass is 9.66. The van der Waals surface area contributed by atoms with Crippen LogP contribution in [0.15, 0.2) is 6.07 Å². The van der Waals surface area contributed by atoms with E-state index in [9.17, 15) is 9.59 Å². The van der Waals surface area contributed by atoms with Crippen molar-refractivity contribution in [1.29, 1.82) is 0 Å². The van der Waals surface area contributed by atoms with Crippen LogP contribution in [0.5, 0.6) is 17.2 Å². The number of methoxy groups -OCH3 is 2. The summed E-state index contributed by atoms with van der Waals surface area (Å²) in [6.07, 6.45) is 0.435. The number of Topliss-reactive ketones (excluding diaryl/α,β-unsaturated/α-hetero) is 2. The maximum absolute atomic E-state index is 13.3. The number of fused-ring (bicyclic) bond motifs is 1. The molecule has 1 aliphatic carbocycles. The molecule has 4 atom stereocenters. The highest BCUT2D eigenvalue weighted by Gasteiger charge is 2.63. The van der Waals surface area contributed by atoms with Crippen LogP contribution in [-0.4, -0.2) is 44.0 Å². The first kappa shape index (κ1) is 18.0. The second kappa shape index (κ2) is 6.16. The molecule has 1 spiro atoms. The molecule has 1 aromatic carbocycles. The molecule has 0 saturated heterocycles. The van der Waals surface area contributed by atoms with Crippen molar-refractivity contribution in [3.8, 4) is 17.2 Å². The zero-order valence-corrected chi connectivity index (χ0v) is 15.1. The third-order valence-corrected chi connectivity index (χ3v) is 5.57. The fraction of sp³-hybridized carbons (Fsp3) is 0.529. The predicted molar refractivity (Wildman–Crippen MR) is 91.6 cm³/mol. The number of carbonyl (C=O) groups is 2. The van der Waals surface area contributed by atoms with Crippen LogP contribution in [0, 0.1) is 11.8 Å². The smallest absolute Gasteiger partial charge is 0.232 e. The van der Waals surface area contributed by atoms with Crippen molar-refractivity contribution in [2.45, 2.75) is 25.0 Å². The van der Waals surface area contributed by atoms with Gasteiger partial charge in [-0.2, -0.15) is 0 Å². The summed E-state index contributed by atoms with van der Waals surface area (Å²) in [4.78, 5) is 26.4. The molecule has 2 unspecified atom stereocenters. The standard InChI is InChI=1S/C17H21ClN2O5/c1-7-4-9(20)8(6-19)15(21)17(7)16(22)12-10(23-2)5-11(24-3)13(18)14(12)25-17/h5,7-9H,4,6,19-20H2,1-3H3/t7-,8?,9?,17+/m1/s1. The number of nitrogens with two attached hydrogens (primary N) is 2. The summed E-state index contributed by atoms with van der Waals surface area (Å²) in [5.74, 6) is -1.30. The van der Waals surface area contributed by atoms with Gasteiger partial charge >= 0.3 is 0 Å². The summed E-state index contributed by atoms with van der Waals surface area (Å²) in [6, 6.07) is 1.09. The van der Waals surface area contributed by atoms with Crippen molar-refractivity contribution < 1.29 is 23.8 Å². The van der Waals surface area contributed by atoms with E-state index in [0.717, 1.165) is 0 Å². The molecule has 1 fully saturated rings. The SMILES string of the molecule is COc1cc(OC)c2c(c1Cl)O[C@]1(C2=O)C(=O)C(CN)C(N)C[C@H]1C. The van der Waals surface area contributed by atoms with Gasteiger partial charge in [0.15, 0.2) is 11.5 Å². The highest BCUT2D eigenvalue weighted by molar-refractivity contribution is 6.36. The Morgan fingerprint density at radius 3 is 2.52 bits per heavy atom. The van der Waals surface area contributed by atoms with Gasteiger partial charge in [0.2, 0.25) is 11.4 Å². The van der Waals surface area contributed by atoms with Gasteiger partial charge in [-0.05, 0) is 6.42 Å². The lowest BCUT2D eigenvalue weighted by molar-refractivity contribution is -0.142. The monoisotopic (exact) mass is 368 g/mol. The molecule has 3 rings (SSSR count). The van der Waals surface area contributed by atoms with E-state index in [1.54, 1.807) is 6.92 Å². The van der Waals surface area contributed by atoms with Gasteiger partial charge in [-0.25, -0.2) is 0 Å². The largest absolute Gasteiger partial charge is 0.496 e. The number of carbonyl (C=O) groups excluding carboxylic acids is 2. The van der Waals surface area contributed by atoms with Crippen LogP contribution in [0.2, 0.25) is 5.02 Å². The van der Waals surface area contributed by atoms with Crippen molar-refractivity contribution >= 4 is 23.2 Å². The van der Waals surface area contributed by atoms with Gasteiger partial charge < -0.3 is 25.7 Å². The molecular formula is C17H21ClN2O5. The molecule has 1 aromatic rings. The summed E-state index contributed by atoms with van der Waals surface area (Å²) in [6.45, 7) is 1.82. The maximum atomic E-state index is 13.3. The first-order chi connectivity index (χ1) is 11.8. The fourth-order valence-corrected chi connectivity index (χ4v) is 4.09. The Labute approximate surface area is 150 Å². The van der Waals surface area contributed by atoms with Gasteiger partial charge in [0, 0.05) is 30.5 Å². The Kier molecular flexibility index (Phi) is 4.43. The van der Waals surface area contributed by atoms with Gasteiger partial charge in [0.05, 0.1) is 14.2 Å². The van der Waals surface area contributed by atoms with E-state index >= 15 is 0 Å². The minimum atomic E-state index is -1.68. The topological polar surface area (TPSA) is 114 Å². The zero-order chi connectivity index (χ0) is 18.5. The quantitative estimate of drug-likeness (QED) is 0.770. The number of ether oxygens (including phenoxy) is 3. The molecule has 0 amide bonds. The highest BCUT2D eigenvalue weighted by Crippen LogP contribution is 2.53. The minimum absolute atomic E-state index is 0.0512. The molecule has 0 radical (unpaired) electrons. The second-order valence-corrected chi connectivity index (χ2v) is 6.85. The lowest BCUT2D eigenvalue weighted by Crippen LogP contribution is -2.64. The van der Waals surface area contributed by atoms with Crippen LogP contribution in [0.1, 0.15) is 23.7 Å². The van der Waals surface area contributed by atoms with Crippen LogP contribution >= 0.6 is 11.6 Å². The predicted octanol–water partition coefficient (Wildman–Crippen LogP) is 1.18. The molecule has 8 heteroatoms. The van der Waals surface area contributed by atoms with Crippen molar-refractivity contribution in [2.24, 2.45) is 23.3 Å². The van der Waals surface area contributed by atoms with E-state index in [0.29, 0.717) is 12.2 Å². The molecule has 1 aliphatic heterocycles. The molecule has 136 valence electrons. The minimum Gasteiger partial charge on any atom is -0.496 e.